The van der Waals surface area contributed by atoms with Crippen molar-refractivity contribution in [2.24, 2.45) is 11.8 Å². The van der Waals surface area contributed by atoms with E-state index in [0.29, 0.717) is 17.9 Å². The van der Waals surface area contributed by atoms with Crippen molar-refractivity contribution >= 4 is 29.5 Å². The first-order valence-corrected chi connectivity index (χ1v) is 9.73. The molecule has 6 atom stereocenters. The third-order valence-corrected chi connectivity index (χ3v) is 7.01. The second-order valence-corrected chi connectivity index (χ2v) is 8.57. The molecule has 144 valence electrons. The number of carboxylic acid groups (broad SMARTS) is 1. The van der Waals surface area contributed by atoms with Crippen LogP contribution < -0.4 is 10.6 Å². The quantitative estimate of drug-likeness (QED) is 0.467. The van der Waals surface area contributed by atoms with Gasteiger partial charge in [-0.1, -0.05) is 6.92 Å². The smallest absolute Gasteiger partial charge is 0.353 e. The first-order chi connectivity index (χ1) is 12.3. The van der Waals surface area contributed by atoms with Crippen LogP contribution in [0.25, 0.3) is 0 Å². The molecule has 0 aromatic heterocycles. The van der Waals surface area contributed by atoms with Crippen LogP contribution in [0.4, 0.5) is 0 Å². The second-order valence-electron chi connectivity index (χ2n) is 7.23. The summed E-state index contributed by atoms with van der Waals surface area (Å²) >= 11 is 1.49. The summed E-state index contributed by atoms with van der Waals surface area (Å²) in [5.41, 5.74) is 0.0594. The number of carbonyl (C=O) groups is 3. The molecule has 3 aliphatic heterocycles. The topological polar surface area (TPSA) is 119 Å². The lowest BCUT2D eigenvalue weighted by atomic mass is 9.79. The van der Waals surface area contributed by atoms with Gasteiger partial charge in [0, 0.05) is 42.1 Å². The highest BCUT2D eigenvalue weighted by Gasteiger charge is 2.60. The maximum Gasteiger partial charge on any atom is 0.353 e. The average Bonchev–Trinajstić information content (AvgIpc) is 3.09. The summed E-state index contributed by atoms with van der Waals surface area (Å²) in [4.78, 5) is 37.7. The van der Waals surface area contributed by atoms with Crippen LogP contribution in [-0.2, 0) is 14.4 Å². The van der Waals surface area contributed by atoms with E-state index in [9.17, 15) is 24.6 Å². The van der Waals surface area contributed by atoms with Crippen molar-refractivity contribution in [2.75, 3.05) is 13.6 Å². The van der Waals surface area contributed by atoms with E-state index in [2.05, 4.69) is 10.6 Å². The van der Waals surface area contributed by atoms with Crippen LogP contribution in [-0.4, -0.2) is 69.9 Å². The monoisotopic (exact) mass is 383 g/mol. The zero-order valence-corrected chi connectivity index (χ0v) is 15.9. The number of aliphatic carboxylic acids is 1. The largest absolute Gasteiger partial charge is 0.477 e. The van der Waals surface area contributed by atoms with E-state index in [1.807, 2.05) is 6.92 Å². The molecule has 2 saturated heterocycles. The number of nitrogens with one attached hydrogen (secondary N) is 2. The molecule has 0 bridgehead atoms. The van der Waals surface area contributed by atoms with Gasteiger partial charge in [-0.2, -0.15) is 0 Å². The van der Waals surface area contributed by atoms with Crippen LogP contribution in [0.3, 0.4) is 0 Å². The lowest BCUT2D eigenvalue weighted by Gasteiger charge is -2.46. The molecule has 3 rings (SSSR count). The first kappa shape index (κ1) is 19.2. The lowest BCUT2D eigenvalue weighted by Crippen LogP contribution is -2.63. The number of thioether (sulfide) groups is 1. The molecule has 0 radical (unpaired) electrons. The molecular formula is C17H25N3O5S. The SMILES string of the molecule is CNC(=O)C[C@H]1C[C@H](SC2=C(C(=O)O)N3C(=O)[C@H]([C@@H](C)O)[C@@H]3[C@H]2C)CN1. The Morgan fingerprint density at radius 1 is 1.46 bits per heavy atom. The van der Waals surface area contributed by atoms with Gasteiger partial charge in [-0.05, 0) is 13.3 Å². The molecule has 0 aromatic rings. The van der Waals surface area contributed by atoms with Crippen molar-refractivity contribution in [3.63, 3.8) is 0 Å². The van der Waals surface area contributed by atoms with Gasteiger partial charge in [0.05, 0.1) is 18.1 Å². The van der Waals surface area contributed by atoms with Crippen LogP contribution in [0, 0.1) is 11.8 Å². The Bertz CT molecular complexity index is 665. The standard InChI is InChI=1S/C17H25N3O5S/c1-7-13-12(8(2)21)16(23)20(13)14(17(24)25)15(7)26-10-4-9(19-6-10)5-11(22)18-3/h7-10,12-13,19,21H,4-6H2,1-3H3,(H,18,22)(H,24,25)/t7-,8-,9-,10+,12-,13+/m1/s1. The highest BCUT2D eigenvalue weighted by atomic mass is 32.2. The molecular weight excluding hydrogens is 358 g/mol. The van der Waals surface area contributed by atoms with Gasteiger partial charge >= 0.3 is 5.97 Å². The van der Waals surface area contributed by atoms with Gasteiger partial charge in [0.2, 0.25) is 11.8 Å². The number of amides is 2. The fraction of sp³-hybridized carbons (Fsp3) is 0.706. The summed E-state index contributed by atoms with van der Waals surface area (Å²) in [6, 6.07) is -0.214. The van der Waals surface area contributed by atoms with Crippen LogP contribution in [0.1, 0.15) is 26.7 Å². The molecule has 0 spiro atoms. The minimum atomic E-state index is -1.10. The van der Waals surface area contributed by atoms with E-state index in [1.54, 1.807) is 14.0 Å². The molecule has 3 aliphatic rings. The summed E-state index contributed by atoms with van der Waals surface area (Å²) < 4.78 is 0. The van der Waals surface area contributed by atoms with Crippen molar-refractivity contribution in [2.45, 2.75) is 50.1 Å². The van der Waals surface area contributed by atoms with Crippen LogP contribution in [0.5, 0.6) is 0 Å². The number of carbonyl (C=O) groups excluding carboxylic acids is 2. The van der Waals surface area contributed by atoms with Crippen LogP contribution in [0.15, 0.2) is 10.6 Å². The number of nitrogens with zero attached hydrogens (tertiary/aromatic N) is 1. The Labute approximate surface area is 156 Å². The minimum absolute atomic E-state index is 0.0256. The second kappa shape index (κ2) is 7.21. The normalized spacial score (nSPS) is 34.5. The number of fused-ring (bicyclic) bond motifs is 1. The van der Waals surface area contributed by atoms with E-state index in [4.69, 9.17) is 0 Å². The van der Waals surface area contributed by atoms with Gasteiger partial charge in [0.25, 0.3) is 0 Å². The summed E-state index contributed by atoms with van der Waals surface area (Å²) in [7, 11) is 1.60. The van der Waals surface area contributed by atoms with Crippen LogP contribution in [0.2, 0.25) is 0 Å². The van der Waals surface area contributed by atoms with Gasteiger partial charge in [-0.15, -0.1) is 11.8 Å². The molecule has 3 heterocycles. The molecule has 0 aliphatic carbocycles. The predicted molar refractivity (Wildman–Crippen MR) is 96.1 cm³/mol. The maximum atomic E-state index is 12.3. The highest BCUT2D eigenvalue weighted by molar-refractivity contribution is 8.03. The summed E-state index contributed by atoms with van der Waals surface area (Å²) in [6.45, 7) is 4.18. The Balaban J connectivity index is 1.74. The van der Waals surface area contributed by atoms with E-state index in [-0.39, 0.29) is 40.8 Å². The molecule has 0 saturated carbocycles. The highest BCUT2D eigenvalue weighted by Crippen LogP contribution is 2.51. The number of hydrogen-bond donors (Lipinski definition) is 4. The minimum Gasteiger partial charge on any atom is -0.477 e. The Morgan fingerprint density at radius 2 is 2.15 bits per heavy atom. The molecule has 9 heteroatoms. The Morgan fingerprint density at radius 3 is 2.73 bits per heavy atom. The maximum absolute atomic E-state index is 12.3. The van der Waals surface area contributed by atoms with Crippen LogP contribution >= 0.6 is 11.8 Å². The Kier molecular flexibility index (Phi) is 5.32. The number of aliphatic hydroxyl groups excluding tert-OH is 1. The van der Waals surface area contributed by atoms with Crippen molar-refractivity contribution in [3.8, 4) is 0 Å². The molecule has 0 aromatic carbocycles. The zero-order chi connectivity index (χ0) is 19.2. The van der Waals surface area contributed by atoms with Gasteiger partial charge < -0.3 is 25.7 Å². The lowest BCUT2D eigenvalue weighted by molar-refractivity contribution is -0.163. The number of rotatable bonds is 6. The number of aliphatic hydroxyl groups is 1. The molecule has 2 fully saturated rings. The van der Waals surface area contributed by atoms with E-state index in [1.165, 1.54) is 16.7 Å². The first-order valence-electron chi connectivity index (χ1n) is 8.85. The number of β-lactam (4-membered cyclic amide) rings is 1. The van der Waals surface area contributed by atoms with E-state index >= 15 is 0 Å². The zero-order valence-electron chi connectivity index (χ0n) is 15.1. The fourth-order valence-corrected chi connectivity index (χ4v) is 5.73. The average molecular weight is 383 g/mol. The molecule has 4 N–H and O–H groups in total. The molecule has 2 amide bonds. The van der Waals surface area contributed by atoms with Crippen molar-refractivity contribution in [1.29, 1.82) is 0 Å². The third-order valence-electron chi connectivity index (χ3n) is 5.50. The van der Waals surface area contributed by atoms with Gasteiger partial charge in [-0.25, -0.2) is 4.79 Å². The van der Waals surface area contributed by atoms with Gasteiger partial charge in [-0.3, -0.25) is 9.59 Å². The predicted octanol–water partition coefficient (Wildman–Crippen LogP) is -0.260. The summed E-state index contributed by atoms with van der Waals surface area (Å²) in [6.07, 6.45) is 0.362. The molecule has 26 heavy (non-hydrogen) atoms. The molecule has 0 unspecified atom stereocenters. The van der Waals surface area contributed by atoms with Gasteiger partial charge in [0.15, 0.2) is 0 Å². The van der Waals surface area contributed by atoms with E-state index in [0.717, 1.165) is 6.42 Å². The van der Waals surface area contributed by atoms with Crippen molar-refractivity contribution < 1.29 is 24.6 Å². The Hall–Kier alpha value is -1.58. The van der Waals surface area contributed by atoms with Crippen molar-refractivity contribution in [3.05, 3.63) is 10.6 Å². The number of hydrogen-bond acceptors (Lipinski definition) is 6. The summed E-state index contributed by atoms with van der Waals surface area (Å²) in [5, 5.41) is 25.6. The molecule has 8 nitrogen and oxygen atoms in total. The number of carboxylic acids is 1. The summed E-state index contributed by atoms with van der Waals surface area (Å²) in [5.74, 6) is -2.11. The third kappa shape index (κ3) is 3.12. The van der Waals surface area contributed by atoms with Crippen molar-refractivity contribution in [1.82, 2.24) is 15.5 Å². The van der Waals surface area contributed by atoms with E-state index < -0.39 is 18.0 Å². The van der Waals surface area contributed by atoms with Gasteiger partial charge in [0.1, 0.15) is 5.70 Å². The fourth-order valence-electron chi connectivity index (χ4n) is 4.21.